The van der Waals surface area contributed by atoms with Crippen LogP contribution in [-0.4, -0.2) is 23.0 Å². The van der Waals surface area contributed by atoms with Gasteiger partial charge in [0, 0.05) is 6.54 Å². The number of nitrogen functional groups attached to an aromatic ring is 1. The van der Waals surface area contributed by atoms with Crippen LogP contribution in [0.3, 0.4) is 0 Å². The van der Waals surface area contributed by atoms with Crippen LogP contribution in [0, 0.1) is 5.92 Å². The maximum Gasteiger partial charge on any atom is 0.292 e. The highest BCUT2D eigenvalue weighted by Gasteiger charge is 2.17. The van der Waals surface area contributed by atoms with Gasteiger partial charge in [0.2, 0.25) is 0 Å². The summed E-state index contributed by atoms with van der Waals surface area (Å²) < 4.78 is 5.25. The Bertz CT molecular complexity index is 297. The van der Waals surface area contributed by atoms with Crippen LogP contribution in [0.1, 0.15) is 25.5 Å². The lowest BCUT2D eigenvalue weighted by atomic mass is 10.0. The first-order valence-electron chi connectivity index (χ1n) is 5.16. The first-order valence-corrected chi connectivity index (χ1v) is 5.16. The van der Waals surface area contributed by atoms with Gasteiger partial charge in [-0.05, 0) is 25.3 Å². The Hall–Kier alpha value is -1.03. The van der Waals surface area contributed by atoms with E-state index in [1.807, 2.05) is 0 Å². The van der Waals surface area contributed by atoms with Crippen LogP contribution >= 0.6 is 0 Å². The number of hydrogen-bond acceptors (Lipinski definition) is 4. The predicted molar refractivity (Wildman–Crippen MR) is 54.6 cm³/mol. The van der Waals surface area contributed by atoms with E-state index in [9.17, 15) is 0 Å². The fourth-order valence-electron chi connectivity index (χ4n) is 2.05. The largest absolute Gasteiger partial charge is 0.428 e. The first-order chi connectivity index (χ1) is 6.74. The molecule has 2 rings (SSSR count). The molecule has 1 saturated heterocycles. The number of likely N-dealkylation sites (tertiary alicyclic amines) is 1. The van der Waals surface area contributed by atoms with E-state index in [4.69, 9.17) is 10.2 Å². The quantitative estimate of drug-likeness (QED) is 0.776. The Morgan fingerprint density at radius 1 is 1.71 bits per heavy atom. The SMILES string of the molecule is C[C@H]1CCCN(Cc2cnc(N)o2)C1. The molecular formula is C10H17N3O. The topological polar surface area (TPSA) is 55.3 Å². The number of anilines is 1. The van der Waals surface area contributed by atoms with E-state index in [-0.39, 0.29) is 6.01 Å². The number of rotatable bonds is 2. The summed E-state index contributed by atoms with van der Waals surface area (Å²) >= 11 is 0. The Labute approximate surface area is 84.1 Å². The van der Waals surface area contributed by atoms with Crippen molar-refractivity contribution in [1.82, 2.24) is 9.88 Å². The minimum Gasteiger partial charge on any atom is -0.428 e. The molecule has 0 radical (unpaired) electrons. The van der Waals surface area contributed by atoms with Crippen molar-refractivity contribution in [2.45, 2.75) is 26.3 Å². The standard InChI is InChI=1S/C10H17N3O/c1-8-3-2-4-13(6-8)7-9-5-12-10(11)14-9/h5,8H,2-4,6-7H2,1H3,(H2,11,12)/t8-/m0/s1. The molecule has 0 amide bonds. The van der Waals surface area contributed by atoms with Crippen molar-refractivity contribution in [3.8, 4) is 0 Å². The summed E-state index contributed by atoms with van der Waals surface area (Å²) in [5.74, 6) is 1.67. The summed E-state index contributed by atoms with van der Waals surface area (Å²) in [4.78, 5) is 6.28. The van der Waals surface area contributed by atoms with Crippen LogP contribution in [0.15, 0.2) is 10.6 Å². The van der Waals surface area contributed by atoms with Crippen LogP contribution in [0.4, 0.5) is 6.01 Å². The van der Waals surface area contributed by atoms with Crippen molar-refractivity contribution >= 4 is 6.01 Å². The van der Waals surface area contributed by atoms with Gasteiger partial charge in [-0.3, -0.25) is 4.90 Å². The molecular weight excluding hydrogens is 178 g/mol. The summed E-state index contributed by atoms with van der Waals surface area (Å²) in [6, 6.07) is 0.269. The average molecular weight is 195 g/mol. The van der Waals surface area contributed by atoms with Gasteiger partial charge in [-0.15, -0.1) is 0 Å². The third-order valence-corrected chi connectivity index (χ3v) is 2.69. The van der Waals surface area contributed by atoms with Crippen LogP contribution in [-0.2, 0) is 6.54 Å². The summed E-state index contributed by atoms with van der Waals surface area (Å²) in [5.41, 5.74) is 5.41. The zero-order valence-electron chi connectivity index (χ0n) is 8.57. The highest BCUT2D eigenvalue weighted by atomic mass is 16.4. The molecule has 1 fully saturated rings. The number of aromatic nitrogens is 1. The van der Waals surface area contributed by atoms with Gasteiger partial charge >= 0.3 is 0 Å². The molecule has 1 aromatic rings. The minimum absolute atomic E-state index is 0.269. The van der Waals surface area contributed by atoms with Crippen LogP contribution < -0.4 is 5.73 Å². The molecule has 4 heteroatoms. The van der Waals surface area contributed by atoms with Crippen molar-refractivity contribution in [3.05, 3.63) is 12.0 Å². The van der Waals surface area contributed by atoms with Gasteiger partial charge in [-0.25, -0.2) is 4.98 Å². The van der Waals surface area contributed by atoms with E-state index in [1.54, 1.807) is 6.20 Å². The van der Waals surface area contributed by atoms with E-state index in [2.05, 4.69) is 16.8 Å². The molecule has 1 atom stereocenters. The molecule has 1 aromatic heterocycles. The lowest BCUT2D eigenvalue weighted by Gasteiger charge is -2.29. The molecule has 0 spiro atoms. The number of nitrogens with zero attached hydrogens (tertiary/aromatic N) is 2. The second kappa shape index (κ2) is 4.00. The van der Waals surface area contributed by atoms with E-state index in [1.165, 1.54) is 12.8 Å². The molecule has 2 heterocycles. The van der Waals surface area contributed by atoms with E-state index < -0.39 is 0 Å². The maximum absolute atomic E-state index is 5.41. The second-order valence-corrected chi connectivity index (χ2v) is 4.15. The summed E-state index contributed by atoms with van der Waals surface area (Å²) in [6.07, 6.45) is 4.34. The Morgan fingerprint density at radius 3 is 3.21 bits per heavy atom. The predicted octanol–water partition coefficient (Wildman–Crippen LogP) is 1.49. The van der Waals surface area contributed by atoms with Gasteiger partial charge in [-0.2, -0.15) is 0 Å². The van der Waals surface area contributed by atoms with Gasteiger partial charge < -0.3 is 10.2 Å². The number of nitrogens with two attached hydrogens (primary N) is 1. The first kappa shape index (κ1) is 9.52. The van der Waals surface area contributed by atoms with E-state index in [0.717, 1.165) is 31.3 Å². The lowest BCUT2D eigenvalue weighted by Crippen LogP contribution is -2.33. The molecule has 4 nitrogen and oxygen atoms in total. The molecule has 14 heavy (non-hydrogen) atoms. The second-order valence-electron chi connectivity index (χ2n) is 4.15. The van der Waals surface area contributed by atoms with Gasteiger partial charge in [0.15, 0.2) is 0 Å². The molecule has 78 valence electrons. The third-order valence-electron chi connectivity index (χ3n) is 2.69. The normalized spacial score (nSPS) is 23.9. The third kappa shape index (κ3) is 2.26. The molecule has 0 saturated carbocycles. The van der Waals surface area contributed by atoms with Gasteiger partial charge in [0.1, 0.15) is 5.76 Å². The fourth-order valence-corrected chi connectivity index (χ4v) is 2.05. The summed E-state index contributed by atoms with van der Waals surface area (Å²) in [6.45, 7) is 5.45. The molecule has 0 aliphatic carbocycles. The van der Waals surface area contributed by atoms with Crippen molar-refractivity contribution < 1.29 is 4.42 Å². The summed E-state index contributed by atoms with van der Waals surface area (Å²) in [7, 11) is 0. The monoisotopic (exact) mass is 195 g/mol. The highest BCUT2D eigenvalue weighted by molar-refractivity contribution is 5.10. The Balaban J connectivity index is 1.90. The molecule has 0 bridgehead atoms. The average Bonchev–Trinajstić information content (AvgIpc) is 2.51. The Morgan fingerprint density at radius 2 is 2.57 bits per heavy atom. The molecule has 0 aromatic carbocycles. The fraction of sp³-hybridized carbons (Fsp3) is 0.700. The zero-order chi connectivity index (χ0) is 9.97. The zero-order valence-corrected chi connectivity index (χ0v) is 8.57. The molecule has 1 aliphatic heterocycles. The summed E-state index contributed by atoms with van der Waals surface area (Å²) in [5, 5.41) is 0. The van der Waals surface area contributed by atoms with Crippen molar-refractivity contribution in [3.63, 3.8) is 0 Å². The Kier molecular flexibility index (Phi) is 2.72. The number of hydrogen-bond donors (Lipinski definition) is 1. The van der Waals surface area contributed by atoms with Crippen LogP contribution in [0.25, 0.3) is 0 Å². The van der Waals surface area contributed by atoms with Gasteiger partial charge in [-0.1, -0.05) is 6.92 Å². The van der Waals surface area contributed by atoms with Crippen molar-refractivity contribution in [1.29, 1.82) is 0 Å². The number of piperidine rings is 1. The molecule has 1 aliphatic rings. The smallest absolute Gasteiger partial charge is 0.292 e. The van der Waals surface area contributed by atoms with Gasteiger partial charge in [0.25, 0.3) is 6.01 Å². The number of oxazole rings is 1. The lowest BCUT2D eigenvalue weighted by molar-refractivity contribution is 0.166. The van der Waals surface area contributed by atoms with Crippen LogP contribution in [0.5, 0.6) is 0 Å². The minimum atomic E-state index is 0.269. The maximum atomic E-state index is 5.41. The van der Waals surface area contributed by atoms with Gasteiger partial charge in [0.05, 0.1) is 12.7 Å². The van der Waals surface area contributed by atoms with Crippen LogP contribution in [0.2, 0.25) is 0 Å². The van der Waals surface area contributed by atoms with Crippen molar-refractivity contribution in [2.24, 2.45) is 5.92 Å². The molecule has 0 unspecified atom stereocenters. The van der Waals surface area contributed by atoms with E-state index in [0.29, 0.717) is 0 Å². The van der Waals surface area contributed by atoms with Crippen molar-refractivity contribution in [2.75, 3.05) is 18.8 Å². The highest BCUT2D eigenvalue weighted by Crippen LogP contribution is 2.18. The van der Waals surface area contributed by atoms with E-state index >= 15 is 0 Å². The molecule has 2 N–H and O–H groups in total.